The second-order valence-electron chi connectivity index (χ2n) is 5.64. The lowest BCUT2D eigenvalue weighted by Gasteiger charge is -2.28. The van der Waals surface area contributed by atoms with Crippen molar-refractivity contribution in [1.82, 2.24) is 4.90 Å². The predicted molar refractivity (Wildman–Crippen MR) is 82.0 cm³/mol. The number of hydrogen-bond acceptors (Lipinski definition) is 1. The average molecular weight is 315 g/mol. The number of benzene rings is 1. The summed E-state index contributed by atoms with van der Waals surface area (Å²) in [6, 6.07) is 5.88. The van der Waals surface area contributed by atoms with Crippen molar-refractivity contribution in [3.8, 4) is 0 Å². The molecule has 0 fully saturated rings. The van der Waals surface area contributed by atoms with Gasteiger partial charge in [-0.15, -0.1) is 0 Å². The number of carbonyl (C=O) groups excluding carboxylic acids is 1. The van der Waals surface area contributed by atoms with Crippen molar-refractivity contribution in [3.63, 3.8) is 0 Å². The first-order chi connectivity index (χ1) is 10.2. The Bertz CT molecular complexity index is 482. The lowest BCUT2D eigenvalue weighted by atomic mass is 9.99. The molecule has 124 valence electrons. The van der Waals surface area contributed by atoms with E-state index in [4.69, 9.17) is 0 Å². The van der Waals surface area contributed by atoms with Crippen LogP contribution in [-0.2, 0) is 0 Å². The summed E-state index contributed by atoms with van der Waals surface area (Å²) in [6.07, 6.45) is -2.58. The van der Waals surface area contributed by atoms with E-state index in [0.29, 0.717) is 12.1 Å². The van der Waals surface area contributed by atoms with E-state index in [9.17, 15) is 18.0 Å². The van der Waals surface area contributed by atoms with Crippen LogP contribution in [0.15, 0.2) is 24.3 Å². The molecular formula is C17H24F3NO. The van der Waals surface area contributed by atoms with Crippen LogP contribution < -0.4 is 0 Å². The summed E-state index contributed by atoms with van der Waals surface area (Å²) in [5.41, 5.74) is 0.613. The van der Waals surface area contributed by atoms with E-state index in [2.05, 4.69) is 0 Å². The molecule has 0 aliphatic rings. The third kappa shape index (κ3) is 4.49. The molecule has 1 rings (SSSR count). The summed E-state index contributed by atoms with van der Waals surface area (Å²) in [4.78, 5) is 14.3. The number of amides is 1. The standard InChI is InChI=1S/C17H24F3NO/c1-5-11-21(12(3)6-2)16(22)15-9-7-14(8-10-15)13(4)17(18,19)20/h7-10,12-13H,5-6,11H2,1-4H3. The number of hydrogen-bond donors (Lipinski definition) is 0. The molecule has 0 saturated heterocycles. The van der Waals surface area contributed by atoms with Crippen LogP contribution >= 0.6 is 0 Å². The first kappa shape index (κ1) is 18.5. The topological polar surface area (TPSA) is 20.3 Å². The summed E-state index contributed by atoms with van der Waals surface area (Å²) in [5, 5.41) is 0. The largest absolute Gasteiger partial charge is 0.395 e. The first-order valence-corrected chi connectivity index (χ1v) is 7.69. The number of rotatable bonds is 6. The van der Waals surface area contributed by atoms with Gasteiger partial charge in [-0.2, -0.15) is 13.2 Å². The van der Waals surface area contributed by atoms with Crippen LogP contribution in [0.1, 0.15) is 62.4 Å². The van der Waals surface area contributed by atoms with Gasteiger partial charge in [0.25, 0.3) is 5.91 Å². The van der Waals surface area contributed by atoms with Gasteiger partial charge in [-0.25, -0.2) is 0 Å². The van der Waals surface area contributed by atoms with Crippen molar-refractivity contribution < 1.29 is 18.0 Å². The van der Waals surface area contributed by atoms with Crippen molar-refractivity contribution in [2.75, 3.05) is 6.54 Å². The zero-order chi connectivity index (χ0) is 16.9. The van der Waals surface area contributed by atoms with E-state index in [1.807, 2.05) is 20.8 Å². The fraction of sp³-hybridized carbons (Fsp3) is 0.588. The minimum atomic E-state index is -4.27. The van der Waals surface area contributed by atoms with E-state index >= 15 is 0 Å². The van der Waals surface area contributed by atoms with Crippen LogP contribution in [-0.4, -0.2) is 29.6 Å². The van der Waals surface area contributed by atoms with Crippen molar-refractivity contribution in [2.45, 2.75) is 58.7 Å². The lowest BCUT2D eigenvalue weighted by Crippen LogP contribution is -2.38. The molecule has 1 aromatic carbocycles. The Kier molecular flexibility index (Phi) is 6.45. The van der Waals surface area contributed by atoms with Crippen LogP contribution in [0.2, 0.25) is 0 Å². The van der Waals surface area contributed by atoms with Gasteiger partial charge in [0.05, 0.1) is 5.92 Å². The summed E-state index contributed by atoms with van der Waals surface area (Å²) in [5.74, 6) is -1.65. The molecule has 0 radical (unpaired) electrons. The van der Waals surface area contributed by atoms with E-state index in [1.165, 1.54) is 24.3 Å². The van der Waals surface area contributed by atoms with Crippen LogP contribution in [0, 0.1) is 0 Å². The van der Waals surface area contributed by atoms with Crippen molar-refractivity contribution >= 4 is 5.91 Å². The molecule has 1 amide bonds. The van der Waals surface area contributed by atoms with Crippen molar-refractivity contribution in [3.05, 3.63) is 35.4 Å². The maximum Gasteiger partial charge on any atom is 0.395 e. The number of carbonyl (C=O) groups is 1. The van der Waals surface area contributed by atoms with Gasteiger partial charge in [-0.1, -0.05) is 26.0 Å². The van der Waals surface area contributed by atoms with E-state index < -0.39 is 12.1 Å². The number of halogens is 3. The Balaban J connectivity index is 2.95. The van der Waals surface area contributed by atoms with Gasteiger partial charge in [-0.05, 0) is 44.4 Å². The van der Waals surface area contributed by atoms with E-state index in [-0.39, 0.29) is 17.5 Å². The number of nitrogens with zero attached hydrogens (tertiary/aromatic N) is 1. The van der Waals surface area contributed by atoms with Gasteiger partial charge in [-0.3, -0.25) is 4.79 Å². The fourth-order valence-electron chi connectivity index (χ4n) is 2.25. The zero-order valence-electron chi connectivity index (χ0n) is 13.6. The van der Waals surface area contributed by atoms with Crippen molar-refractivity contribution in [1.29, 1.82) is 0 Å². The monoisotopic (exact) mass is 315 g/mol. The van der Waals surface area contributed by atoms with Crippen molar-refractivity contribution in [2.24, 2.45) is 0 Å². The van der Waals surface area contributed by atoms with Gasteiger partial charge in [0.2, 0.25) is 0 Å². The molecule has 22 heavy (non-hydrogen) atoms. The molecule has 5 heteroatoms. The highest BCUT2D eigenvalue weighted by Crippen LogP contribution is 2.34. The molecule has 0 spiro atoms. The quantitative estimate of drug-likeness (QED) is 0.723. The van der Waals surface area contributed by atoms with Crippen LogP contribution in [0.4, 0.5) is 13.2 Å². The summed E-state index contributed by atoms with van der Waals surface area (Å²) in [6.45, 7) is 7.76. The molecule has 0 heterocycles. The van der Waals surface area contributed by atoms with Gasteiger partial charge < -0.3 is 4.90 Å². The maximum atomic E-state index is 12.7. The van der Waals surface area contributed by atoms with Gasteiger partial charge in [0.1, 0.15) is 0 Å². The van der Waals surface area contributed by atoms with Crippen LogP contribution in [0.5, 0.6) is 0 Å². The molecule has 0 bridgehead atoms. The maximum absolute atomic E-state index is 12.7. The fourth-order valence-corrected chi connectivity index (χ4v) is 2.25. The third-order valence-corrected chi connectivity index (χ3v) is 4.00. The summed E-state index contributed by atoms with van der Waals surface area (Å²) in [7, 11) is 0. The molecule has 0 saturated carbocycles. The Morgan fingerprint density at radius 2 is 1.68 bits per heavy atom. The Hall–Kier alpha value is -1.52. The van der Waals surface area contributed by atoms with E-state index in [0.717, 1.165) is 19.8 Å². The summed E-state index contributed by atoms with van der Waals surface area (Å²) < 4.78 is 38.1. The highest BCUT2D eigenvalue weighted by molar-refractivity contribution is 5.94. The van der Waals surface area contributed by atoms with Gasteiger partial charge in [0, 0.05) is 18.2 Å². The van der Waals surface area contributed by atoms with Gasteiger partial charge >= 0.3 is 6.18 Å². The predicted octanol–water partition coefficient (Wildman–Crippen LogP) is 5.00. The second kappa shape index (κ2) is 7.65. The first-order valence-electron chi connectivity index (χ1n) is 7.69. The minimum Gasteiger partial charge on any atom is -0.336 e. The highest BCUT2D eigenvalue weighted by atomic mass is 19.4. The van der Waals surface area contributed by atoms with Crippen LogP contribution in [0.25, 0.3) is 0 Å². The number of alkyl halides is 3. The molecular weight excluding hydrogens is 291 g/mol. The minimum absolute atomic E-state index is 0.112. The molecule has 2 atom stereocenters. The molecule has 2 nitrogen and oxygen atoms in total. The van der Waals surface area contributed by atoms with E-state index in [1.54, 1.807) is 4.90 Å². The second-order valence-corrected chi connectivity index (χ2v) is 5.64. The molecule has 1 aromatic rings. The lowest BCUT2D eigenvalue weighted by molar-refractivity contribution is -0.146. The molecule has 0 aliphatic carbocycles. The average Bonchev–Trinajstić information content (AvgIpc) is 2.49. The normalized spacial score (nSPS) is 14.5. The molecule has 0 aliphatic heterocycles. The zero-order valence-corrected chi connectivity index (χ0v) is 13.6. The van der Waals surface area contributed by atoms with Gasteiger partial charge in [0.15, 0.2) is 0 Å². The summed E-state index contributed by atoms with van der Waals surface area (Å²) >= 11 is 0. The Labute approximate surface area is 130 Å². The third-order valence-electron chi connectivity index (χ3n) is 4.00. The Morgan fingerprint density at radius 3 is 2.09 bits per heavy atom. The SMILES string of the molecule is CCCN(C(=O)c1ccc(C(C)C(F)(F)F)cc1)C(C)CC. The van der Waals surface area contributed by atoms with Crippen LogP contribution in [0.3, 0.4) is 0 Å². The molecule has 0 N–H and O–H groups in total. The Morgan fingerprint density at radius 1 is 1.14 bits per heavy atom. The smallest absolute Gasteiger partial charge is 0.336 e. The molecule has 0 aromatic heterocycles. The molecule has 2 unspecified atom stereocenters. The highest BCUT2D eigenvalue weighted by Gasteiger charge is 2.37.